The second-order valence-electron chi connectivity index (χ2n) is 2.90. The Bertz CT molecular complexity index is 362. The van der Waals surface area contributed by atoms with Crippen molar-refractivity contribution in [2.75, 3.05) is 11.9 Å². The van der Waals surface area contributed by atoms with Crippen molar-refractivity contribution in [1.29, 1.82) is 0 Å². The first kappa shape index (κ1) is 12.3. The van der Waals surface area contributed by atoms with Crippen LogP contribution in [0.25, 0.3) is 0 Å². The van der Waals surface area contributed by atoms with Crippen LogP contribution in [0.3, 0.4) is 0 Å². The van der Waals surface area contributed by atoms with Crippen LogP contribution in [0.5, 0.6) is 0 Å². The molecule has 0 spiro atoms. The van der Waals surface area contributed by atoms with Crippen LogP contribution in [0.4, 0.5) is 23.7 Å². The van der Waals surface area contributed by atoms with E-state index >= 15 is 0 Å². The van der Waals surface area contributed by atoms with E-state index in [1.807, 2.05) is 6.92 Å². The highest BCUT2D eigenvalue weighted by molar-refractivity contribution is 5.84. The molecule has 0 aliphatic heterocycles. The Hall–Kier alpha value is -1.73. The van der Waals surface area contributed by atoms with Crippen molar-refractivity contribution in [3.63, 3.8) is 0 Å². The molecule has 0 radical (unpaired) electrons. The number of rotatable bonds is 3. The third-order valence-corrected chi connectivity index (χ3v) is 1.57. The molecule has 0 saturated carbocycles. The molecule has 1 aromatic rings. The van der Waals surface area contributed by atoms with Gasteiger partial charge in [-0.3, -0.25) is 10.00 Å². The predicted molar refractivity (Wildman–Crippen MR) is 48.9 cm³/mol. The molecule has 0 fully saturated rings. The number of halogens is 3. The van der Waals surface area contributed by atoms with Gasteiger partial charge in [-0.05, 0) is 6.92 Å². The number of hydrogen-bond acceptors (Lipinski definition) is 3. The van der Waals surface area contributed by atoms with Crippen molar-refractivity contribution >= 4 is 11.8 Å². The summed E-state index contributed by atoms with van der Waals surface area (Å²) in [6, 6.07) is 0. The Labute approximate surface area is 89.2 Å². The molecular formula is C8H10F3N3O2. The number of amides is 1. The zero-order valence-electron chi connectivity index (χ0n) is 8.41. The standard InChI is InChI=1S/C8H10F3N3O2/c1-2-14-4-6(3-12-14)13-7(15)16-5-8(9,10)11/h3-4H,2,5H2,1H3,(H,13,15). The first-order valence-corrected chi connectivity index (χ1v) is 4.43. The second kappa shape index (κ2) is 4.86. The maximum atomic E-state index is 11.7. The number of alkyl halides is 3. The van der Waals surface area contributed by atoms with Gasteiger partial charge in [0.05, 0.1) is 11.9 Å². The van der Waals surface area contributed by atoms with Crippen molar-refractivity contribution < 1.29 is 22.7 Å². The molecule has 0 unspecified atom stereocenters. The van der Waals surface area contributed by atoms with E-state index in [1.54, 1.807) is 0 Å². The Morgan fingerprint density at radius 1 is 1.62 bits per heavy atom. The summed E-state index contributed by atoms with van der Waals surface area (Å²) < 4.78 is 40.5. The summed E-state index contributed by atoms with van der Waals surface area (Å²) in [5.41, 5.74) is 0.286. The van der Waals surface area contributed by atoms with Gasteiger partial charge in [-0.2, -0.15) is 18.3 Å². The van der Waals surface area contributed by atoms with Crippen LogP contribution in [0, 0.1) is 0 Å². The van der Waals surface area contributed by atoms with Crippen LogP contribution < -0.4 is 5.32 Å². The van der Waals surface area contributed by atoms with Gasteiger partial charge in [0.15, 0.2) is 6.61 Å². The number of anilines is 1. The Kier molecular flexibility index (Phi) is 3.75. The van der Waals surface area contributed by atoms with Gasteiger partial charge in [0.1, 0.15) is 0 Å². The second-order valence-corrected chi connectivity index (χ2v) is 2.90. The van der Waals surface area contributed by atoms with E-state index in [0.717, 1.165) is 0 Å². The van der Waals surface area contributed by atoms with Crippen molar-refractivity contribution in [2.45, 2.75) is 19.6 Å². The van der Waals surface area contributed by atoms with E-state index in [-0.39, 0.29) is 5.69 Å². The third-order valence-electron chi connectivity index (χ3n) is 1.57. The van der Waals surface area contributed by atoms with Gasteiger partial charge in [-0.1, -0.05) is 0 Å². The number of carbonyl (C=O) groups is 1. The van der Waals surface area contributed by atoms with Crippen LogP contribution in [0.15, 0.2) is 12.4 Å². The summed E-state index contributed by atoms with van der Waals surface area (Å²) in [6.45, 7) is 0.818. The van der Waals surface area contributed by atoms with Crippen LogP contribution in [-0.2, 0) is 11.3 Å². The molecule has 0 aliphatic rings. The van der Waals surface area contributed by atoms with Crippen LogP contribution in [0.1, 0.15) is 6.92 Å². The maximum absolute atomic E-state index is 11.7. The molecule has 0 aromatic carbocycles. The van der Waals surface area contributed by atoms with Gasteiger partial charge in [0.2, 0.25) is 0 Å². The highest BCUT2D eigenvalue weighted by Gasteiger charge is 2.29. The summed E-state index contributed by atoms with van der Waals surface area (Å²) in [6.07, 6.45) is -2.88. The lowest BCUT2D eigenvalue weighted by molar-refractivity contribution is -0.159. The smallest absolute Gasteiger partial charge is 0.422 e. The van der Waals surface area contributed by atoms with E-state index in [0.29, 0.717) is 6.54 Å². The number of nitrogens with zero attached hydrogens (tertiary/aromatic N) is 2. The van der Waals surface area contributed by atoms with Crippen LogP contribution in [-0.4, -0.2) is 28.7 Å². The van der Waals surface area contributed by atoms with Gasteiger partial charge in [-0.25, -0.2) is 4.79 Å². The number of ether oxygens (including phenoxy) is 1. The minimum Gasteiger partial charge on any atom is -0.440 e. The molecule has 90 valence electrons. The molecule has 1 heterocycles. The quantitative estimate of drug-likeness (QED) is 0.874. The van der Waals surface area contributed by atoms with Crippen molar-refractivity contribution in [1.82, 2.24) is 9.78 Å². The Morgan fingerprint density at radius 3 is 2.81 bits per heavy atom. The summed E-state index contributed by atoms with van der Waals surface area (Å²) >= 11 is 0. The topological polar surface area (TPSA) is 56.2 Å². The lowest BCUT2D eigenvalue weighted by Gasteiger charge is -2.07. The summed E-state index contributed by atoms with van der Waals surface area (Å²) in [4.78, 5) is 10.9. The number of hydrogen-bond donors (Lipinski definition) is 1. The molecule has 0 saturated heterocycles. The van der Waals surface area contributed by atoms with E-state index in [1.165, 1.54) is 17.1 Å². The van der Waals surface area contributed by atoms with Crippen LogP contribution in [0.2, 0.25) is 0 Å². The van der Waals surface area contributed by atoms with E-state index in [9.17, 15) is 18.0 Å². The van der Waals surface area contributed by atoms with Gasteiger partial charge >= 0.3 is 12.3 Å². The SMILES string of the molecule is CCn1cc(NC(=O)OCC(F)(F)F)cn1. The molecule has 1 rings (SSSR count). The average Bonchev–Trinajstić information content (AvgIpc) is 2.61. The number of carbonyl (C=O) groups excluding carboxylic acids is 1. The molecular weight excluding hydrogens is 227 g/mol. The fraction of sp³-hybridized carbons (Fsp3) is 0.500. The number of aromatic nitrogens is 2. The number of aryl methyl sites for hydroxylation is 1. The van der Waals surface area contributed by atoms with Gasteiger partial charge in [0, 0.05) is 12.7 Å². The van der Waals surface area contributed by atoms with E-state index in [4.69, 9.17) is 0 Å². The van der Waals surface area contributed by atoms with Crippen molar-refractivity contribution in [3.05, 3.63) is 12.4 Å². The van der Waals surface area contributed by atoms with Crippen molar-refractivity contribution in [3.8, 4) is 0 Å². The van der Waals surface area contributed by atoms with Gasteiger partial charge in [-0.15, -0.1) is 0 Å². The Balaban J connectivity index is 2.40. The van der Waals surface area contributed by atoms with E-state index < -0.39 is 18.9 Å². The molecule has 1 aromatic heterocycles. The van der Waals surface area contributed by atoms with Gasteiger partial charge < -0.3 is 4.74 Å². The summed E-state index contributed by atoms with van der Waals surface area (Å²) in [5, 5.41) is 5.95. The molecule has 8 heteroatoms. The van der Waals surface area contributed by atoms with Crippen molar-refractivity contribution in [2.24, 2.45) is 0 Å². The molecule has 0 aliphatic carbocycles. The highest BCUT2D eigenvalue weighted by atomic mass is 19.4. The third kappa shape index (κ3) is 4.20. The lowest BCUT2D eigenvalue weighted by atomic mass is 10.6. The normalized spacial score (nSPS) is 11.2. The fourth-order valence-electron chi connectivity index (χ4n) is 0.902. The first-order valence-electron chi connectivity index (χ1n) is 4.43. The summed E-state index contributed by atoms with van der Waals surface area (Å²) in [5.74, 6) is 0. The van der Waals surface area contributed by atoms with Gasteiger partial charge in [0.25, 0.3) is 0 Å². The molecule has 16 heavy (non-hydrogen) atoms. The zero-order valence-corrected chi connectivity index (χ0v) is 8.41. The molecule has 1 N–H and O–H groups in total. The minimum atomic E-state index is -4.52. The highest BCUT2D eigenvalue weighted by Crippen LogP contribution is 2.15. The maximum Gasteiger partial charge on any atom is 0.422 e. The minimum absolute atomic E-state index is 0.286. The summed E-state index contributed by atoms with van der Waals surface area (Å²) in [7, 11) is 0. The fourth-order valence-corrected chi connectivity index (χ4v) is 0.902. The zero-order chi connectivity index (χ0) is 12.2. The molecule has 0 atom stereocenters. The number of nitrogens with one attached hydrogen (secondary N) is 1. The Morgan fingerprint density at radius 2 is 2.31 bits per heavy atom. The van der Waals surface area contributed by atoms with E-state index in [2.05, 4.69) is 15.2 Å². The first-order chi connectivity index (χ1) is 7.40. The predicted octanol–water partition coefficient (Wildman–Crippen LogP) is 2.01. The lowest BCUT2D eigenvalue weighted by Crippen LogP contribution is -2.23. The average molecular weight is 237 g/mol. The molecule has 1 amide bonds. The molecule has 5 nitrogen and oxygen atoms in total. The largest absolute Gasteiger partial charge is 0.440 e. The monoisotopic (exact) mass is 237 g/mol. The van der Waals surface area contributed by atoms with Crippen LogP contribution >= 0.6 is 0 Å². The molecule has 0 bridgehead atoms.